The first kappa shape index (κ1) is 17.8. The van der Waals surface area contributed by atoms with E-state index in [0.717, 1.165) is 11.2 Å². The second-order valence-corrected chi connectivity index (χ2v) is 7.33. The van der Waals surface area contributed by atoms with Crippen LogP contribution < -0.4 is 10.2 Å². The van der Waals surface area contributed by atoms with E-state index < -0.39 is 0 Å². The van der Waals surface area contributed by atoms with Crippen molar-refractivity contribution in [3.63, 3.8) is 0 Å². The number of amides is 2. The summed E-state index contributed by atoms with van der Waals surface area (Å²) < 4.78 is 0. The summed E-state index contributed by atoms with van der Waals surface area (Å²) in [7, 11) is 0. The maximum Gasteiger partial charge on any atom is 0.252 e. The van der Waals surface area contributed by atoms with E-state index in [-0.39, 0.29) is 17.7 Å². The highest BCUT2D eigenvalue weighted by Gasteiger charge is 2.31. The predicted molar refractivity (Wildman–Crippen MR) is 105 cm³/mol. The Morgan fingerprint density at radius 2 is 2.00 bits per heavy atom. The van der Waals surface area contributed by atoms with E-state index in [4.69, 9.17) is 23.2 Å². The van der Waals surface area contributed by atoms with E-state index in [1.54, 1.807) is 35.4 Å². The van der Waals surface area contributed by atoms with E-state index in [0.29, 0.717) is 40.5 Å². The van der Waals surface area contributed by atoms with Gasteiger partial charge in [0, 0.05) is 41.5 Å². The molecule has 138 valence electrons. The molecule has 0 spiro atoms. The van der Waals surface area contributed by atoms with Crippen LogP contribution in [0.2, 0.25) is 10.0 Å². The van der Waals surface area contributed by atoms with Crippen molar-refractivity contribution in [2.75, 3.05) is 18.0 Å². The fourth-order valence-electron chi connectivity index (χ4n) is 3.28. The van der Waals surface area contributed by atoms with Crippen molar-refractivity contribution >= 4 is 51.6 Å². The average Bonchev–Trinajstić information content (AvgIpc) is 3.28. The van der Waals surface area contributed by atoms with Gasteiger partial charge >= 0.3 is 0 Å². The molecule has 1 unspecified atom stereocenters. The zero-order valence-corrected chi connectivity index (χ0v) is 15.7. The van der Waals surface area contributed by atoms with Crippen LogP contribution >= 0.6 is 23.2 Å². The van der Waals surface area contributed by atoms with Gasteiger partial charge in [0.1, 0.15) is 0 Å². The van der Waals surface area contributed by atoms with Gasteiger partial charge in [-0.15, -0.1) is 0 Å². The van der Waals surface area contributed by atoms with Gasteiger partial charge in [0.15, 0.2) is 0 Å². The summed E-state index contributed by atoms with van der Waals surface area (Å²) in [5.41, 5.74) is 1.98. The molecule has 2 amide bonds. The highest BCUT2D eigenvalue weighted by Crippen LogP contribution is 2.27. The Labute approximate surface area is 165 Å². The Hall–Kier alpha value is -2.57. The summed E-state index contributed by atoms with van der Waals surface area (Å²) in [6.07, 6.45) is 1.98. The van der Waals surface area contributed by atoms with Gasteiger partial charge in [-0.05, 0) is 36.4 Å². The summed E-state index contributed by atoms with van der Waals surface area (Å²) in [6.45, 7) is 0.948. The van der Waals surface area contributed by atoms with Crippen molar-refractivity contribution in [3.05, 3.63) is 58.2 Å². The molecule has 6 nitrogen and oxygen atoms in total. The smallest absolute Gasteiger partial charge is 0.252 e. The number of aromatic amines is 1. The van der Waals surface area contributed by atoms with Gasteiger partial charge < -0.3 is 10.2 Å². The predicted octanol–water partition coefficient (Wildman–Crippen LogP) is 3.65. The first-order valence-corrected chi connectivity index (χ1v) is 9.24. The Bertz CT molecular complexity index is 1020. The summed E-state index contributed by atoms with van der Waals surface area (Å²) in [6, 6.07) is 10.6. The Balaban J connectivity index is 1.41. The molecule has 0 bridgehead atoms. The molecule has 1 saturated heterocycles. The number of carbonyl (C=O) groups is 2. The van der Waals surface area contributed by atoms with Crippen LogP contribution in [-0.4, -0.2) is 35.1 Å². The van der Waals surface area contributed by atoms with Crippen LogP contribution in [-0.2, 0) is 4.79 Å². The molecule has 1 fully saturated rings. The standard InChI is InChI=1S/C19H16Cl2N4O2/c20-12-1-3-13(4-2-12)25-10-11(7-17(25)26)8-22-19(27)14-5-6-16-15(18(14)21)9-23-24-16/h1-6,9,11H,7-8,10H2,(H,22,27)(H,23,24). The lowest BCUT2D eigenvalue weighted by atomic mass is 10.1. The molecular formula is C19H16Cl2N4O2. The van der Waals surface area contributed by atoms with Crippen LogP contribution in [0, 0.1) is 5.92 Å². The van der Waals surface area contributed by atoms with Gasteiger partial charge in [-0.2, -0.15) is 5.10 Å². The lowest BCUT2D eigenvalue weighted by Crippen LogP contribution is -2.31. The Kier molecular flexibility index (Phi) is 4.76. The van der Waals surface area contributed by atoms with E-state index in [2.05, 4.69) is 15.5 Å². The number of nitrogens with zero attached hydrogens (tertiary/aromatic N) is 2. The molecule has 0 radical (unpaired) electrons. The minimum absolute atomic E-state index is 0.0357. The van der Waals surface area contributed by atoms with Gasteiger partial charge in [-0.3, -0.25) is 14.7 Å². The molecule has 8 heteroatoms. The van der Waals surface area contributed by atoms with Gasteiger partial charge in [0.05, 0.1) is 22.3 Å². The second kappa shape index (κ2) is 7.21. The van der Waals surface area contributed by atoms with Crippen LogP contribution in [0.3, 0.4) is 0 Å². The SMILES string of the molecule is O=C(NCC1CC(=O)N(c2ccc(Cl)cc2)C1)c1ccc2[nH]ncc2c1Cl. The molecule has 1 aliphatic rings. The molecule has 2 heterocycles. The van der Waals surface area contributed by atoms with E-state index in [1.807, 2.05) is 12.1 Å². The number of nitrogens with one attached hydrogen (secondary N) is 2. The van der Waals surface area contributed by atoms with Crippen LogP contribution in [0.1, 0.15) is 16.8 Å². The van der Waals surface area contributed by atoms with Crippen molar-refractivity contribution in [3.8, 4) is 0 Å². The van der Waals surface area contributed by atoms with Crippen molar-refractivity contribution < 1.29 is 9.59 Å². The van der Waals surface area contributed by atoms with Gasteiger partial charge in [-0.1, -0.05) is 23.2 Å². The molecule has 27 heavy (non-hydrogen) atoms. The molecule has 2 N–H and O–H groups in total. The monoisotopic (exact) mass is 402 g/mol. The highest BCUT2D eigenvalue weighted by molar-refractivity contribution is 6.38. The van der Waals surface area contributed by atoms with Gasteiger partial charge in [0.25, 0.3) is 5.91 Å². The lowest BCUT2D eigenvalue weighted by molar-refractivity contribution is -0.117. The minimum atomic E-state index is -0.263. The van der Waals surface area contributed by atoms with E-state index >= 15 is 0 Å². The maximum atomic E-state index is 12.5. The van der Waals surface area contributed by atoms with Crippen LogP contribution in [0.5, 0.6) is 0 Å². The number of hydrogen-bond acceptors (Lipinski definition) is 3. The average molecular weight is 403 g/mol. The third-order valence-electron chi connectivity index (χ3n) is 4.70. The molecule has 1 atom stereocenters. The summed E-state index contributed by atoms with van der Waals surface area (Å²) in [4.78, 5) is 26.5. The van der Waals surface area contributed by atoms with Crippen LogP contribution in [0.4, 0.5) is 5.69 Å². The number of aromatic nitrogens is 2. The number of anilines is 1. The fourth-order valence-corrected chi connectivity index (χ4v) is 3.70. The Morgan fingerprint density at radius 3 is 2.78 bits per heavy atom. The van der Waals surface area contributed by atoms with Gasteiger partial charge in [0.2, 0.25) is 5.91 Å². The first-order valence-electron chi connectivity index (χ1n) is 8.48. The van der Waals surface area contributed by atoms with Crippen molar-refractivity contribution in [2.45, 2.75) is 6.42 Å². The number of hydrogen-bond donors (Lipinski definition) is 2. The van der Waals surface area contributed by atoms with Crippen LogP contribution in [0.15, 0.2) is 42.6 Å². The Morgan fingerprint density at radius 1 is 1.22 bits per heavy atom. The number of benzene rings is 2. The molecule has 3 aromatic rings. The number of rotatable bonds is 4. The highest BCUT2D eigenvalue weighted by atomic mass is 35.5. The molecule has 1 aliphatic heterocycles. The van der Waals surface area contributed by atoms with E-state index in [9.17, 15) is 9.59 Å². The maximum absolute atomic E-state index is 12.5. The molecule has 4 rings (SSSR count). The topological polar surface area (TPSA) is 78.1 Å². The van der Waals surface area contributed by atoms with E-state index in [1.165, 1.54) is 0 Å². The molecule has 0 saturated carbocycles. The minimum Gasteiger partial charge on any atom is -0.352 e. The van der Waals surface area contributed by atoms with Crippen molar-refractivity contribution in [1.29, 1.82) is 0 Å². The quantitative estimate of drug-likeness (QED) is 0.698. The lowest BCUT2D eigenvalue weighted by Gasteiger charge is -2.17. The number of H-pyrrole nitrogens is 1. The molecule has 2 aromatic carbocycles. The number of halogens is 2. The largest absolute Gasteiger partial charge is 0.352 e. The second-order valence-electron chi connectivity index (χ2n) is 6.52. The zero-order chi connectivity index (χ0) is 19.0. The fraction of sp³-hybridized carbons (Fsp3) is 0.211. The van der Waals surface area contributed by atoms with Crippen molar-refractivity contribution in [2.24, 2.45) is 5.92 Å². The summed E-state index contributed by atoms with van der Waals surface area (Å²) in [5, 5.41) is 11.3. The molecule has 0 aliphatic carbocycles. The summed E-state index contributed by atoms with van der Waals surface area (Å²) in [5.74, 6) is -0.191. The zero-order valence-electron chi connectivity index (χ0n) is 14.2. The van der Waals surface area contributed by atoms with Gasteiger partial charge in [-0.25, -0.2) is 0 Å². The number of fused-ring (bicyclic) bond motifs is 1. The first-order chi connectivity index (χ1) is 13.0. The molecular weight excluding hydrogens is 387 g/mol. The third-order valence-corrected chi connectivity index (χ3v) is 5.36. The third kappa shape index (κ3) is 3.50. The molecule has 1 aromatic heterocycles. The summed E-state index contributed by atoms with van der Waals surface area (Å²) >= 11 is 12.2. The van der Waals surface area contributed by atoms with Crippen molar-refractivity contribution in [1.82, 2.24) is 15.5 Å². The normalized spacial score (nSPS) is 16.9. The van der Waals surface area contributed by atoms with Crippen LogP contribution in [0.25, 0.3) is 10.9 Å². The number of carbonyl (C=O) groups excluding carboxylic acids is 2.